The minimum atomic E-state index is 0. The van der Waals surface area contributed by atoms with Crippen molar-refractivity contribution < 1.29 is 41.3 Å². The summed E-state index contributed by atoms with van der Waals surface area (Å²) in [6.45, 7) is 18.9. The Bertz CT molecular complexity index is 883. The molecule has 0 nitrogen and oxygen atoms in total. The third-order valence-corrected chi connectivity index (χ3v) is 5.00. The Hall–Kier alpha value is -0.496. The molecule has 0 saturated heterocycles. The van der Waals surface area contributed by atoms with E-state index in [0.717, 1.165) is 4.47 Å². The molecule has 0 unspecified atom stereocenters. The van der Waals surface area contributed by atoms with Crippen LogP contribution in [0.5, 0.6) is 0 Å². The van der Waals surface area contributed by atoms with E-state index < -0.39 is 0 Å². The normalized spacial score (nSPS) is 9.45. The minimum absolute atomic E-state index is 0. The van der Waals surface area contributed by atoms with Gasteiger partial charge >= 0.3 is 0 Å². The Morgan fingerprint density at radius 3 is 1.38 bits per heavy atom. The fraction of sp³-hybridized carbons (Fsp3) is 0.333. The van der Waals surface area contributed by atoms with Crippen molar-refractivity contribution in [1.29, 1.82) is 0 Å². The van der Waals surface area contributed by atoms with Gasteiger partial charge in [-0.3, -0.25) is 0 Å². The first-order chi connectivity index (χ1) is 13.4. The molecule has 0 aliphatic heterocycles. The monoisotopic (exact) mass is 578 g/mol. The minimum Gasteiger partial charge on any atom is -0.183 e. The first kappa shape index (κ1) is 28.5. The number of hydrogen-bond acceptors (Lipinski definition) is 0. The van der Waals surface area contributed by atoms with Gasteiger partial charge in [-0.2, -0.15) is 29.3 Å². The molecule has 0 fully saturated rings. The predicted molar refractivity (Wildman–Crippen MR) is 130 cm³/mol. The van der Waals surface area contributed by atoms with Crippen LogP contribution in [0.2, 0.25) is 0 Å². The standard InChI is InChI=1S/C23H22Br.2C2H6.Pr/c1-14-9-17(4)23(18(5)10-14)20-11-19(12-21(24)13-20)22-15(2)7-6-8-16(22)3;2*1-2;/h7-13H,1-5H3;2*1-2H3;/q-1;;;. The molecule has 0 amide bonds. The van der Waals surface area contributed by atoms with Crippen LogP contribution in [0.1, 0.15) is 55.5 Å². The number of halogens is 1. The first-order valence-electron chi connectivity index (χ1n) is 10.2. The Kier molecular flexibility index (Phi) is 13.5. The summed E-state index contributed by atoms with van der Waals surface area (Å²) < 4.78 is 1.11. The van der Waals surface area contributed by atoms with E-state index in [4.69, 9.17) is 0 Å². The van der Waals surface area contributed by atoms with Crippen LogP contribution in [-0.4, -0.2) is 0 Å². The van der Waals surface area contributed by atoms with E-state index in [2.05, 4.69) is 99.1 Å². The molecule has 0 bridgehead atoms. The van der Waals surface area contributed by atoms with E-state index in [1.807, 2.05) is 27.7 Å². The van der Waals surface area contributed by atoms with E-state index in [9.17, 15) is 0 Å². The van der Waals surface area contributed by atoms with E-state index >= 15 is 0 Å². The van der Waals surface area contributed by atoms with Crippen LogP contribution in [0.3, 0.4) is 0 Å². The molecule has 1 radical (unpaired) electrons. The van der Waals surface area contributed by atoms with Crippen molar-refractivity contribution in [2.24, 2.45) is 0 Å². The molecule has 2 heteroatoms. The maximum Gasteiger partial charge on any atom is 0.0186 e. The summed E-state index contributed by atoms with van der Waals surface area (Å²) >= 11 is 3.71. The average molecular weight is 579 g/mol. The van der Waals surface area contributed by atoms with Gasteiger partial charge in [0.1, 0.15) is 0 Å². The maximum absolute atomic E-state index is 3.71. The van der Waals surface area contributed by atoms with Crippen LogP contribution in [0, 0.1) is 82.0 Å². The van der Waals surface area contributed by atoms with Crippen molar-refractivity contribution in [3.63, 3.8) is 0 Å². The van der Waals surface area contributed by atoms with Crippen LogP contribution < -0.4 is 0 Å². The molecule has 0 atom stereocenters. The van der Waals surface area contributed by atoms with Crippen molar-refractivity contribution in [3.05, 3.63) is 80.8 Å². The molecular weight excluding hydrogens is 545 g/mol. The van der Waals surface area contributed by atoms with Crippen molar-refractivity contribution in [2.75, 3.05) is 0 Å². The van der Waals surface area contributed by atoms with Gasteiger partial charge in [0.05, 0.1) is 0 Å². The van der Waals surface area contributed by atoms with Gasteiger partial charge < -0.3 is 0 Å². The second-order valence-electron chi connectivity index (χ2n) is 6.70. The summed E-state index contributed by atoms with van der Waals surface area (Å²) in [6, 6.07) is 18.6. The van der Waals surface area contributed by atoms with Crippen LogP contribution in [0.15, 0.2) is 46.9 Å². The van der Waals surface area contributed by atoms with E-state index in [1.54, 1.807) is 0 Å². The summed E-state index contributed by atoms with van der Waals surface area (Å²) in [6.07, 6.45) is 0. The van der Waals surface area contributed by atoms with E-state index in [1.165, 1.54) is 50.1 Å². The van der Waals surface area contributed by atoms with Crippen molar-refractivity contribution in [3.8, 4) is 22.3 Å². The molecule has 0 N–H and O–H groups in total. The van der Waals surface area contributed by atoms with Gasteiger partial charge in [-0.15, -0.1) is 5.56 Å². The molecule has 3 aromatic carbocycles. The third-order valence-electron chi connectivity index (χ3n) is 4.54. The molecule has 3 rings (SSSR count). The summed E-state index contributed by atoms with van der Waals surface area (Å²) in [5.74, 6) is 0. The Morgan fingerprint density at radius 1 is 0.586 bits per heavy atom. The topological polar surface area (TPSA) is 0 Å². The van der Waals surface area contributed by atoms with Gasteiger partial charge in [-0.1, -0.05) is 75.2 Å². The quantitative estimate of drug-likeness (QED) is 0.266. The zero-order chi connectivity index (χ0) is 21.4. The molecule has 0 spiro atoms. The molecule has 0 aliphatic carbocycles. The van der Waals surface area contributed by atoms with Gasteiger partial charge in [0.15, 0.2) is 0 Å². The Labute approximate surface area is 220 Å². The number of hydrogen-bond donors (Lipinski definition) is 0. The molecule has 29 heavy (non-hydrogen) atoms. The molecule has 0 heterocycles. The Morgan fingerprint density at radius 2 is 0.966 bits per heavy atom. The maximum atomic E-state index is 3.71. The van der Waals surface area contributed by atoms with Crippen LogP contribution >= 0.6 is 15.9 Å². The van der Waals surface area contributed by atoms with Gasteiger partial charge in [0, 0.05) is 45.8 Å². The fourth-order valence-corrected chi connectivity index (χ4v) is 4.21. The molecule has 0 saturated carbocycles. The van der Waals surface area contributed by atoms with Crippen molar-refractivity contribution >= 4 is 15.9 Å². The number of aryl methyl sites for hydroxylation is 5. The summed E-state index contributed by atoms with van der Waals surface area (Å²) in [5, 5.41) is 0. The van der Waals surface area contributed by atoms with Crippen LogP contribution in [0.4, 0.5) is 0 Å². The molecular formula is C27H34BrPr-. The summed E-state index contributed by atoms with van der Waals surface area (Å²) in [7, 11) is 0. The zero-order valence-electron chi connectivity index (χ0n) is 19.5. The van der Waals surface area contributed by atoms with Crippen LogP contribution in [-0.2, 0) is 0 Å². The summed E-state index contributed by atoms with van der Waals surface area (Å²) in [5.41, 5.74) is 11.6. The van der Waals surface area contributed by atoms with E-state index in [0.29, 0.717) is 0 Å². The molecule has 153 valence electrons. The largest absolute Gasteiger partial charge is 0.183 e. The van der Waals surface area contributed by atoms with Gasteiger partial charge in [-0.05, 0) is 66.8 Å². The Balaban J connectivity index is 0.00000148. The van der Waals surface area contributed by atoms with Crippen molar-refractivity contribution in [1.82, 2.24) is 0 Å². The summed E-state index contributed by atoms with van der Waals surface area (Å²) in [4.78, 5) is 0. The van der Waals surface area contributed by atoms with Gasteiger partial charge in [-0.25, -0.2) is 0 Å². The van der Waals surface area contributed by atoms with Gasteiger partial charge in [0.2, 0.25) is 0 Å². The SMILES string of the molecule is CC.CC.Cc1cc(C)c(-c2cc(Br)cc(-c3c(C)c[c-]cc3C)c2)c(C)c1.[Pr]. The van der Waals surface area contributed by atoms with Crippen molar-refractivity contribution in [2.45, 2.75) is 62.3 Å². The van der Waals surface area contributed by atoms with E-state index in [-0.39, 0.29) is 41.3 Å². The molecule has 0 aliphatic rings. The van der Waals surface area contributed by atoms with Crippen LogP contribution in [0.25, 0.3) is 22.3 Å². The molecule has 0 aromatic heterocycles. The fourth-order valence-electron chi connectivity index (χ4n) is 3.72. The second kappa shape index (κ2) is 13.7. The predicted octanol–water partition coefficient (Wildman–Crippen LogP) is 9.18. The average Bonchev–Trinajstić information content (AvgIpc) is 2.64. The van der Waals surface area contributed by atoms with Gasteiger partial charge in [0.25, 0.3) is 0 Å². The smallest absolute Gasteiger partial charge is 0.0186 e. The second-order valence-corrected chi connectivity index (χ2v) is 7.61. The number of benzene rings is 3. The molecule has 3 aromatic rings. The number of rotatable bonds is 2. The zero-order valence-corrected chi connectivity index (χ0v) is 24.8. The first-order valence-corrected chi connectivity index (χ1v) is 11.0. The third kappa shape index (κ3) is 7.30.